The Kier molecular flexibility index (Phi) is 5.67. The van der Waals surface area contributed by atoms with Crippen molar-refractivity contribution in [3.05, 3.63) is 65.5 Å². The van der Waals surface area contributed by atoms with Gasteiger partial charge in [0.2, 0.25) is 5.91 Å². The summed E-state index contributed by atoms with van der Waals surface area (Å²) in [7, 11) is 0. The standard InChI is InChI=1S/C20H18F4N2O2/c21-16-6-8-17(9-7-16)25-18(27)14-4-2-10-26(12-14)19(28)13-3-1-5-15(11-13)20(22,23)24/h1,3,5-9,11,14H,2,4,10,12H2,(H,25,27)/t14-/m1/s1. The zero-order chi connectivity index (χ0) is 20.3. The first kappa shape index (κ1) is 19.9. The number of benzene rings is 2. The molecule has 0 bridgehead atoms. The first-order chi connectivity index (χ1) is 13.2. The van der Waals surface area contributed by atoms with Gasteiger partial charge in [-0.15, -0.1) is 0 Å². The van der Waals surface area contributed by atoms with E-state index in [-0.39, 0.29) is 18.0 Å². The summed E-state index contributed by atoms with van der Waals surface area (Å²) in [6.45, 7) is 0.484. The summed E-state index contributed by atoms with van der Waals surface area (Å²) in [5, 5.41) is 2.67. The largest absolute Gasteiger partial charge is 0.416 e. The lowest BCUT2D eigenvalue weighted by Gasteiger charge is -2.32. The van der Waals surface area contributed by atoms with E-state index in [4.69, 9.17) is 0 Å². The van der Waals surface area contributed by atoms with Crippen molar-refractivity contribution in [2.45, 2.75) is 19.0 Å². The van der Waals surface area contributed by atoms with Gasteiger partial charge in [-0.1, -0.05) is 6.07 Å². The fourth-order valence-corrected chi connectivity index (χ4v) is 3.16. The number of piperidine rings is 1. The Morgan fingerprint density at radius 3 is 2.46 bits per heavy atom. The van der Waals surface area contributed by atoms with Gasteiger partial charge in [-0.25, -0.2) is 4.39 Å². The van der Waals surface area contributed by atoms with Gasteiger partial charge in [-0.05, 0) is 55.3 Å². The van der Waals surface area contributed by atoms with E-state index in [9.17, 15) is 27.2 Å². The monoisotopic (exact) mass is 394 g/mol. The molecular weight excluding hydrogens is 376 g/mol. The summed E-state index contributed by atoms with van der Waals surface area (Å²) >= 11 is 0. The molecule has 0 aromatic heterocycles. The topological polar surface area (TPSA) is 49.4 Å². The molecule has 1 fully saturated rings. The van der Waals surface area contributed by atoms with Gasteiger partial charge in [0.05, 0.1) is 11.5 Å². The lowest BCUT2D eigenvalue weighted by Crippen LogP contribution is -2.43. The molecule has 1 atom stereocenters. The van der Waals surface area contributed by atoms with E-state index in [0.29, 0.717) is 25.1 Å². The second-order valence-corrected chi connectivity index (χ2v) is 6.67. The summed E-state index contributed by atoms with van der Waals surface area (Å²) in [6, 6.07) is 9.57. The molecule has 0 aliphatic carbocycles. The summed E-state index contributed by atoms with van der Waals surface area (Å²) in [5.41, 5.74) is -0.511. The number of hydrogen-bond acceptors (Lipinski definition) is 2. The first-order valence-electron chi connectivity index (χ1n) is 8.77. The maximum Gasteiger partial charge on any atom is 0.416 e. The van der Waals surface area contributed by atoms with Crippen molar-refractivity contribution in [3.8, 4) is 0 Å². The van der Waals surface area contributed by atoms with Crippen LogP contribution in [0.4, 0.5) is 23.2 Å². The van der Waals surface area contributed by atoms with E-state index in [0.717, 1.165) is 12.1 Å². The van der Waals surface area contributed by atoms with Crippen LogP contribution in [-0.2, 0) is 11.0 Å². The van der Waals surface area contributed by atoms with Gasteiger partial charge in [-0.2, -0.15) is 13.2 Å². The summed E-state index contributed by atoms with van der Waals surface area (Å²) < 4.78 is 51.6. The fourth-order valence-electron chi connectivity index (χ4n) is 3.16. The molecule has 0 unspecified atom stereocenters. The molecule has 2 amide bonds. The second-order valence-electron chi connectivity index (χ2n) is 6.67. The lowest BCUT2D eigenvalue weighted by molar-refractivity contribution is -0.137. The third-order valence-corrected chi connectivity index (χ3v) is 4.63. The smallest absolute Gasteiger partial charge is 0.338 e. The number of anilines is 1. The molecule has 28 heavy (non-hydrogen) atoms. The number of carbonyl (C=O) groups excluding carboxylic acids is 2. The van der Waals surface area contributed by atoms with Gasteiger partial charge in [-0.3, -0.25) is 9.59 Å². The molecule has 1 N–H and O–H groups in total. The van der Waals surface area contributed by atoms with Crippen molar-refractivity contribution in [1.29, 1.82) is 0 Å². The number of nitrogens with one attached hydrogen (secondary N) is 1. The average Bonchev–Trinajstić information content (AvgIpc) is 2.68. The van der Waals surface area contributed by atoms with Crippen LogP contribution in [0.2, 0.25) is 0 Å². The normalized spacial score (nSPS) is 17.3. The van der Waals surface area contributed by atoms with Gasteiger partial charge in [0, 0.05) is 24.3 Å². The first-order valence-corrected chi connectivity index (χ1v) is 8.77. The van der Waals surface area contributed by atoms with Crippen molar-refractivity contribution >= 4 is 17.5 Å². The van der Waals surface area contributed by atoms with Crippen LogP contribution in [0.5, 0.6) is 0 Å². The Morgan fingerprint density at radius 1 is 1.07 bits per heavy atom. The molecule has 2 aromatic carbocycles. The van der Waals surface area contributed by atoms with Crippen LogP contribution in [0.1, 0.15) is 28.8 Å². The van der Waals surface area contributed by atoms with Crippen molar-refractivity contribution < 1.29 is 27.2 Å². The van der Waals surface area contributed by atoms with Crippen molar-refractivity contribution in [2.75, 3.05) is 18.4 Å². The fraction of sp³-hybridized carbons (Fsp3) is 0.300. The zero-order valence-electron chi connectivity index (χ0n) is 14.8. The van der Waals surface area contributed by atoms with Crippen LogP contribution < -0.4 is 5.32 Å². The Labute approximate surface area is 159 Å². The highest BCUT2D eigenvalue weighted by atomic mass is 19.4. The Hall–Kier alpha value is -2.90. The Balaban J connectivity index is 1.68. The molecule has 8 heteroatoms. The van der Waals surface area contributed by atoms with E-state index in [1.807, 2.05) is 0 Å². The highest BCUT2D eigenvalue weighted by Crippen LogP contribution is 2.30. The third-order valence-electron chi connectivity index (χ3n) is 4.63. The Morgan fingerprint density at radius 2 is 1.79 bits per heavy atom. The highest BCUT2D eigenvalue weighted by Gasteiger charge is 2.33. The number of hydrogen-bond donors (Lipinski definition) is 1. The molecule has 0 saturated carbocycles. The minimum Gasteiger partial charge on any atom is -0.338 e. The average molecular weight is 394 g/mol. The van der Waals surface area contributed by atoms with Gasteiger partial charge < -0.3 is 10.2 Å². The number of amides is 2. The molecule has 3 rings (SSSR count). The maximum atomic E-state index is 13.0. The van der Waals surface area contributed by atoms with E-state index >= 15 is 0 Å². The number of likely N-dealkylation sites (tertiary alicyclic amines) is 1. The predicted molar refractivity (Wildman–Crippen MR) is 95.1 cm³/mol. The molecule has 0 spiro atoms. The van der Waals surface area contributed by atoms with Crippen LogP contribution >= 0.6 is 0 Å². The molecule has 1 heterocycles. The molecule has 4 nitrogen and oxygen atoms in total. The predicted octanol–water partition coefficient (Wildman–Crippen LogP) is 4.34. The van der Waals surface area contributed by atoms with Crippen molar-refractivity contribution in [3.63, 3.8) is 0 Å². The Bertz CT molecular complexity index is 865. The second kappa shape index (κ2) is 8.00. The summed E-state index contributed by atoms with van der Waals surface area (Å²) in [4.78, 5) is 26.5. The van der Waals surface area contributed by atoms with Crippen LogP contribution in [0.25, 0.3) is 0 Å². The van der Waals surface area contributed by atoms with Gasteiger partial charge in [0.25, 0.3) is 5.91 Å². The lowest BCUT2D eigenvalue weighted by atomic mass is 9.96. The molecular formula is C20H18F4N2O2. The number of alkyl halides is 3. The SMILES string of the molecule is O=C(Nc1ccc(F)cc1)[C@@H]1CCCN(C(=O)c2cccc(C(F)(F)F)c2)C1. The highest BCUT2D eigenvalue weighted by molar-refractivity contribution is 5.96. The van der Waals surface area contributed by atoms with Crippen LogP contribution in [0.15, 0.2) is 48.5 Å². The third kappa shape index (κ3) is 4.68. The maximum absolute atomic E-state index is 13.0. The summed E-state index contributed by atoms with van der Waals surface area (Å²) in [6.07, 6.45) is -3.42. The molecule has 1 aliphatic rings. The van der Waals surface area contributed by atoms with Crippen LogP contribution in [0.3, 0.4) is 0 Å². The number of carbonyl (C=O) groups is 2. The van der Waals surface area contributed by atoms with E-state index in [2.05, 4.69) is 5.32 Å². The molecule has 1 aliphatic heterocycles. The molecule has 0 radical (unpaired) electrons. The minimum atomic E-state index is -4.53. The number of halogens is 4. The molecule has 1 saturated heterocycles. The number of nitrogens with zero attached hydrogens (tertiary/aromatic N) is 1. The van der Waals surface area contributed by atoms with Crippen LogP contribution in [-0.4, -0.2) is 29.8 Å². The van der Waals surface area contributed by atoms with Gasteiger partial charge >= 0.3 is 6.18 Å². The van der Waals surface area contributed by atoms with E-state index < -0.39 is 29.4 Å². The zero-order valence-corrected chi connectivity index (χ0v) is 14.8. The minimum absolute atomic E-state index is 0.0607. The summed E-state index contributed by atoms with van der Waals surface area (Å²) in [5.74, 6) is -1.76. The molecule has 148 valence electrons. The van der Waals surface area contributed by atoms with Crippen molar-refractivity contribution in [2.24, 2.45) is 5.92 Å². The van der Waals surface area contributed by atoms with E-state index in [1.54, 1.807) is 0 Å². The van der Waals surface area contributed by atoms with Gasteiger partial charge in [0.15, 0.2) is 0 Å². The van der Waals surface area contributed by atoms with E-state index in [1.165, 1.54) is 41.3 Å². The molecule has 2 aromatic rings. The van der Waals surface area contributed by atoms with Crippen LogP contribution in [0, 0.1) is 11.7 Å². The van der Waals surface area contributed by atoms with Gasteiger partial charge in [0.1, 0.15) is 5.82 Å². The van der Waals surface area contributed by atoms with Crippen molar-refractivity contribution in [1.82, 2.24) is 4.90 Å². The number of rotatable bonds is 3. The quantitative estimate of drug-likeness (QED) is 0.788.